The molecule has 13 heavy (non-hydrogen) atoms. The van der Waals surface area contributed by atoms with Crippen LogP contribution in [0.25, 0.3) is 0 Å². The first-order valence-corrected chi connectivity index (χ1v) is 4.35. The normalized spacial score (nSPS) is 8.54. The standard InChI is InChI=1S/C11H16.2H3N/c1-4-10-6-9(3)7-11(5-2)8-10;;/h6-8H,4-5H2,1-3H3;2*1H3. The van der Waals surface area contributed by atoms with E-state index in [0.29, 0.717) is 0 Å². The number of aryl methyl sites for hydroxylation is 3. The SMILES string of the molecule is CCc1cc(C)cc(CC)c1.N.N. The van der Waals surface area contributed by atoms with Crippen molar-refractivity contribution >= 4 is 0 Å². The summed E-state index contributed by atoms with van der Waals surface area (Å²) >= 11 is 0. The Bertz CT molecular complexity index is 222. The topological polar surface area (TPSA) is 70.0 Å². The molecule has 76 valence electrons. The van der Waals surface area contributed by atoms with Gasteiger partial charge in [-0.05, 0) is 30.9 Å². The van der Waals surface area contributed by atoms with Crippen molar-refractivity contribution in [3.8, 4) is 0 Å². The lowest BCUT2D eigenvalue weighted by Crippen LogP contribution is -1.87. The predicted octanol–water partition coefficient (Wildman–Crippen LogP) is 3.44. The van der Waals surface area contributed by atoms with Crippen molar-refractivity contribution < 1.29 is 0 Å². The van der Waals surface area contributed by atoms with Crippen LogP contribution >= 0.6 is 0 Å². The quantitative estimate of drug-likeness (QED) is 0.735. The molecule has 0 aliphatic rings. The van der Waals surface area contributed by atoms with E-state index in [0.717, 1.165) is 12.8 Å². The van der Waals surface area contributed by atoms with E-state index in [9.17, 15) is 0 Å². The number of benzene rings is 1. The molecule has 1 rings (SSSR count). The van der Waals surface area contributed by atoms with Crippen LogP contribution in [0.15, 0.2) is 18.2 Å². The average Bonchev–Trinajstić information content (AvgIpc) is 2.03. The fraction of sp³-hybridized carbons (Fsp3) is 0.455. The molecule has 0 unspecified atom stereocenters. The predicted molar refractivity (Wildman–Crippen MR) is 60.0 cm³/mol. The lowest BCUT2D eigenvalue weighted by molar-refractivity contribution is 1.08. The largest absolute Gasteiger partial charge is 0.344 e. The maximum Gasteiger partial charge on any atom is -0.0307 e. The second kappa shape index (κ2) is 6.63. The molecule has 0 radical (unpaired) electrons. The third kappa shape index (κ3) is 4.06. The third-order valence-electron chi connectivity index (χ3n) is 2.01. The van der Waals surface area contributed by atoms with Crippen LogP contribution in [-0.2, 0) is 12.8 Å². The van der Waals surface area contributed by atoms with Gasteiger partial charge in [0.15, 0.2) is 0 Å². The minimum atomic E-state index is 0. The van der Waals surface area contributed by atoms with Crippen molar-refractivity contribution in [2.45, 2.75) is 33.6 Å². The van der Waals surface area contributed by atoms with Gasteiger partial charge in [0, 0.05) is 0 Å². The second-order valence-electron chi connectivity index (χ2n) is 3.03. The second-order valence-corrected chi connectivity index (χ2v) is 3.03. The smallest absolute Gasteiger partial charge is 0.0307 e. The van der Waals surface area contributed by atoms with Crippen LogP contribution in [0.2, 0.25) is 0 Å². The van der Waals surface area contributed by atoms with Gasteiger partial charge in [-0.1, -0.05) is 37.6 Å². The van der Waals surface area contributed by atoms with E-state index in [-0.39, 0.29) is 12.3 Å². The Kier molecular flexibility index (Phi) is 7.48. The Morgan fingerprint density at radius 2 is 1.23 bits per heavy atom. The Morgan fingerprint density at radius 1 is 0.846 bits per heavy atom. The van der Waals surface area contributed by atoms with Gasteiger partial charge in [0.25, 0.3) is 0 Å². The Labute approximate surface area is 81.5 Å². The number of hydrogen-bond acceptors (Lipinski definition) is 2. The fourth-order valence-electron chi connectivity index (χ4n) is 1.36. The van der Waals surface area contributed by atoms with E-state index in [1.165, 1.54) is 16.7 Å². The summed E-state index contributed by atoms with van der Waals surface area (Å²) in [6, 6.07) is 6.82. The van der Waals surface area contributed by atoms with Gasteiger partial charge in [0.2, 0.25) is 0 Å². The van der Waals surface area contributed by atoms with Crippen molar-refractivity contribution in [3.05, 3.63) is 34.9 Å². The minimum Gasteiger partial charge on any atom is -0.344 e. The molecule has 0 spiro atoms. The summed E-state index contributed by atoms with van der Waals surface area (Å²) in [5.41, 5.74) is 4.31. The Balaban J connectivity index is 0. The monoisotopic (exact) mass is 182 g/mol. The van der Waals surface area contributed by atoms with Crippen molar-refractivity contribution in [3.63, 3.8) is 0 Å². The van der Waals surface area contributed by atoms with E-state index >= 15 is 0 Å². The minimum absolute atomic E-state index is 0. The van der Waals surface area contributed by atoms with Crippen LogP contribution in [-0.4, -0.2) is 0 Å². The number of rotatable bonds is 2. The highest BCUT2D eigenvalue weighted by atomic mass is 14.0. The Morgan fingerprint density at radius 3 is 1.54 bits per heavy atom. The average molecular weight is 182 g/mol. The maximum atomic E-state index is 2.30. The maximum absolute atomic E-state index is 2.30. The molecule has 2 nitrogen and oxygen atoms in total. The van der Waals surface area contributed by atoms with Gasteiger partial charge >= 0.3 is 0 Å². The molecule has 0 saturated heterocycles. The number of hydrogen-bond donors (Lipinski definition) is 2. The molecule has 6 N–H and O–H groups in total. The van der Waals surface area contributed by atoms with Gasteiger partial charge in [-0.15, -0.1) is 0 Å². The molecular weight excluding hydrogens is 160 g/mol. The van der Waals surface area contributed by atoms with Crippen LogP contribution in [0.3, 0.4) is 0 Å². The molecule has 0 aliphatic heterocycles. The van der Waals surface area contributed by atoms with Gasteiger partial charge in [0.05, 0.1) is 0 Å². The van der Waals surface area contributed by atoms with E-state index in [4.69, 9.17) is 0 Å². The zero-order chi connectivity index (χ0) is 8.27. The summed E-state index contributed by atoms with van der Waals surface area (Å²) in [5, 5.41) is 0. The molecule has 0 saturated carbocycles. The summed E-state index contributed by atoms with van der Waals surface area (Å²) in [6.45, 7) is 6.57. The van der Waals surface area contributed by atoms with Gasteiger partial charge in [0.1, 0.15) is 0 Å². The van der Waals surface area contributed by atoms with Crippen LogP contribution < -0.4 is 12.3 Å². The van der Waals surface area contributed by atoms with Crippen molar-refractivity contribution in [1.82, 2.24) is 12.3 Å². The molecule has 0 atom stereocenters. The first kappa shape index (κ1) is 14.7. The van der Waals surface area contributed by atoms with E-state index < -0.39 is 0 Å². The summed E-state index contributed by atoms with van der Waals surface area (Å²) in [5.74, 6) is 0. The molecule has 0 heterocycles. The van der Waals surface area contributed by atoms with Crippen LogP contribution in [0.5, 0.6) is 0 Å². The zero-order valence-electron chi connectivity index (χ0n) is 9.06. The molecule has 0 amide bonds. The lowest BCUT2D eigenvalue weighted by atomic mass is 10.0. The van der Waals surface area contributed by atoms with E-state index in [2.05, 4.69) is 39.0 Å². The van der Waals surface area contributed by atoms with Crippen LogP contribution in [0.4, 0.5) is 0 Å². The zero-order valence-corrected chi connectivity index (χ0v) is 9.06. The summed E-state index contributed by atoms with van der Waals surface area (Å²) < 4.78 is 0. The highest BCUT2D eigenvalue weighted by Gasteiger charge is 1.94. The van der Waals surface area contributed by atoms with Gasteiger partial charge in [-0.2, -0.15) is 0 Å². The van der Waals surface area contributed by atoms with Gasteiger partial charge < -0.3 is 12.3 Å². The summed E-state index contributed by atoms with van der Waals surface area (Å²) in [4.78, 5) is 0. The lowest BCUT2D eigenvalue weighted by Gasteiger charge is -2.02. The third-order valence-corrected chi connectivity index (χ3v) is 2.01. The molecular formula is C11H22N2. The molecule has 0 aliphatic carbocycles. The molecule has 1 aromatic rings. The first-order chi connectivity index (χ1) is 5.26. The fourth-order valence-corrected chi connectivity index (χ4v) is 1.36. The van der Waals surface area contributed by atoms with Crippen molar-refractivity contribution in [2.75, 3.05) is 0 Å². The molecule has 0 fully saturated rings. The van der Waals surface area contributed by atoms with Crippen LogP contribution in [0, 0.1) is 6.92 Å². The Hall–Kier alpha value is -0.860. The van der Waals surface area contributed by atoms with Crippen molar-refractivity contribution in [1.29, 1.82) is 0 Å². The van der Waals surface area contributed by atoms with Gasteiger partial charge in [-0.25, -0.2) is 0 Å². The molecule has 0 aromatic heterocycles. The highest BCUT2D eigenvalue weighted by molar-refractivity contribution is 5.29. The first-order valence-electron chi connectivity index (χ1n) is 4.35. The van der Waals surface area contributed by atoms with Gasteiger partial charge in [-0.3, -0.25) is 0 Å². The molecule has 1 aromatic carbocycles. The summed E-state index contributed by atoms with van der Waals surface area (Å²) in [6.07, 6.45) is 2.30. The molecule has 0 bridgehead atoms. The summed E-state index contributed by atoms with van der Waals surface area (Å²) in [7, 11) is 0. The van der Waals surface area contributed by atoms with E-state index in [1.54, 1.807) is 0 Å². The highest BCUT2D eigenvalue weighted by Crippen LogP contribution is 2.10. The van der Waals surface area contributed by atoms with Crippen molar-refractivity contribution in [2.24, 2.45) is 0 Å². The van der Waals surface area contributed by atoms with Crippen LogP contribution in [0.1, 0.15) is 30.5 Å². The molecule has 2 heteroatoms. The van der Waals surface area contributed by atoms with E-state index in [1.807, 2.05) is 0 Å².